The number of carboxylic acids is 1. The first-order valence-electron chi connectivity index (χ1n) is 20.2. The molecule has 0 aliphatic rings. The summed E-state index contributed by atoms with van der Waals surface area (Å²) in [6.07, 6.45) is 2.19. The Labute approximate surface area is 347 Å². The molecule has 338 valence electrons. The van der Waals surface area contributed by atoms with Gasteiger partial charge in [0.1, 0.15) is 30.2 Å². The van der Waals surface area contributed by atoms with Crippen molar-refractivity contribution in [2.24, 2.45) is 62.1 Å². The van der Waals surface area contributed by atoms with Gasteiger partial charge in [-0.25, -0.2) is 4.79 Å². The average Bonchev–Trinajstić information content (AvgIpc) is 3.16. The molecule has 7 atom stereocenters. The van der Waals surface area contributed by atoms with Crippen LogP contribution in [0.25, 0.3) is 0 Å². The van der Waals surface area contributed by atoms with E-state index in [1.54, 1.807) is 20.8 Å². The molecule has 0 unspecified atom stereocenters. The van der Waals surface area contributed by atoms with Crippen molar-refractivity contribution in [1.82, 2.24) is 31.9 Å². The number of amides is 6. The van der Waals surface area contributed by atoms with E-state index in [1.165, 1.54) is 0 Å². The largest absolute Gasteiger partial charge is 0.480 e. The first-order chi connectivity index (χ1) is 27.6. The number of hydrogen-bond donors (Lipinski definition) is 13. The molecule has 0 aromatic heterocycles. The normalized spacial score (nSPS) is 14.6. The van der Waals surface area contributed by atoms with E-state index in [1.807, 2.05) is 20.8 Å². The van der Waals surface area contributed by atoms with E-state index in [0.29, 0.717) is 25.8 Å². The number of nitrogens with one attached hydrogen (secondary N) is 6. The van der Waals surface area contributed by atoms with E-state index in [0.717, 1.165) is 0 Å². The van der Waals surface area contributed by atoms with Gasteiger partial charge in [-0.3, -0.25) is 38.8 Å². The fourth-order valence-corrected chi connectivity index (χ4v) is 5.59. The molecule has 0 radical (unpaired) electrons. The highest BCUT2D eigenvalue weighted by atomic mass is 16.4. The zero-order valence-corrected chi connectivity index (χ0v) is 35.6. The van der Waals surface area contributed by atoms with Gasteiger partial charge >= 0.3 is 5.97 Å². The summed E-state index contributed by atoms with van der Waals surface area (Å²) in [4.78, 5) is 99.8. The maximum atomic E-state index is 13.8. The number of aliphatic carboxylic acids is 1. The van der Waals surface area contributed by atoms with E-state index in [4.69, 9.17) is 34.4 Å². The quantitative estimate of drug-likeness (QED) is 0.0194. The van der Waals surface area contributed by atoms with Crippen LogP contribution < -0.4 is 66.3 Å². The Morgan fingerprint density at radius 2 is 1.08 bits per heavy atom. The molecular weight excluding hydrogens is 768 g/mol. The molecule has 0 spiro atoms. The highest BCUT2D eigenvalue weighted by Gasteiger charge is 2.32. The Hall–Kier alpha value is -5.25. The number of unbranched alkanes of at least 4 members (excludes halogenated alkanes) is 1. The Morgan fingerprint density at radius 3 is 1.53 bits per heavy atom. The Kier molecular flexibility index (Phi) is 26.5. The van der Waals surface area contributed by atoms with Crippen LogP contribution in [0.15, 0.2) is 9.98 Å². The molecule has 0 aromatic rings. The van der Waals surface area contributed by atoms with E-state index in [-0.39, 0.29) is 81.3 Å². The zero-order chi connectivity index (χ0) is 45.2. The summed E-state index contributed by atoms with van der Waals surface area (Å²) in [7, 11) is 0. The Morgan fingerprint density at radius 1 is 0.610 bits per heavy atom. The van der Waals surface area contributed by atoms with Crippen LogP contribution in [0.4, 0.5) is 0 Å². The van der Waals surface area contributed by atoms with Crippen LogP contribution in [0.2, 0.25) is 0 Å². The fraction of sp³-hybridized carbons (Fsp3) is 0.757. The number of carbonyl (C=O) groups is 7. The van der Waals surface area contributed by atoms with Gasteiger partial charge in [-0.1, -0.05) is 48.0 Å². The number of hydrogen-bond acceptors (Lipinski definition) is 11. The summed E-state index contributed by atoms with van der Waals surface area (Å²) in [6, 6.07) is -6.72. The van der Waals surface area contributed by atoms with Gasteiger partial charge in [-0.2, -0.15) is 0 Å². The zero-order valence-electron chi connectivity index (χ0n) is 35.6. The maximum absolute atomic E-state index is 13.8. The second-order valence-corrected chi connectivity index (χ2v) is 15.3. The molecule has 6 amide bonds. The van der Waals surface area contributed by atoms with Crippen LogP contribution in [-0.2, 0) is 33.6 Å². The van der Waals surface area contributed by atoms with Crippen LogP contribution >= 0.6 is 0 Å². The molecule has 22 nitrogen and oxygen atoms in total. The molecule has 22 heteroatoms. The molecule has 0 fully saturated rings. The van der Waals surface area contributed by atoms with Gasteiger partial charge in [0, 0.05) is 13.1 Å². The molecule has 0 saturated carbocycles. The summed E-state index contributed by atoms with van der Waals surface area (Å²) in [5.41, 5.74) is 33.2. The van der Waals surface area contributed by atoms with Gasteiger partial charge in [0.2, 0.25) is 35.4 Å². The molecule has 0 saturated heterocycles. The van der Waals surface area contributed by atoms with Gasteiger partial charge in [0.05, 0.1) is 12.6 Å². The van der Waals surface area contributed by atoms with E-state index in [9.17, 15) is 38.7 Å². The number of nitrogens with zero attached hydrogens (tertiary/aromatic N) is 2. The number of guanidine groups is 2. The smallest absolute Gasteiger partial charge is 0.326 e. The van der Waals surface area contributed by atoms with Gasteiger partial charge in [0.25, 0.3) is 0 Å². The van der Waals surface area contributed by atoms with Crippen molar-refractivity contribution in [2.45, 2.75) is 136 Å². The lowest BCUT2D eigenvalue weighted by molar-refractivity contribution is -0.142. The molecule has 0 aromatic carbocycles. The number of rotatable bonds is 30. The second kappa shape index (κ2) is 29.0. The SMILES string of the molecule is CC[C@H](C)[C@H](NC(=O)[C@@H](N)C(C)C)C(=O)NCC(=O)N[C@@H](CC(C)C)C(=O)N[C@@H](CCCN=C(N)N)C(=O)N[C@@H](CCCCN)C(=O)N[C@@H](CCCN=C(N)N)C(=O)O. The summed E-state index contributed by atoms with van der Waals surface area (Å²) >= 11 is 0. The Bertz CT molecular complexity index is 1420. The van der Waals surface area contributed by atoms with Crippen LogP contribution in [-0.4, -0.2) is 121 Å². The third-order valence-electron chi connectivity index (χ3n) is 9.31. The predicted molar refractivity (Wildman–Crippen MR) is 225 cm³/mol. The number of carboxylic acid groups (broad SMARTS) is 1. The second-order valence-electron chi connectivity index (χ2n) is 15.3. The van der Waals surface area contributed by atoms with Crippen LogP contribution in [0, 0.1) is 17.8 Å². The minimum absolute atomic E-state index is 0.000550. The van der Waals surface area contributed by atoms with Gasteiger partial charge in [-0.05, 0) is 75.7 Å². The summed E-state index contributed by atoms with van der Waals surface area (Å²) in [6.45, 7) is 10.9. The van der Waals surface area contributed by atoms with Gasteiger partial charge < -0.3 is 71.4 Å². The van der Waals surface area contributed by atoms with E-state index < -0.39 is 84.2 Å². The number of aliphatic imine (C=N–C) groups is 2. The first kappa shape index (κ1) is 53.8. The molecular formula is C37H72N14O8. The van der Waals surface area contributed by atoms with Crippen molar-refractivity contribution in [1.29, 1.82) is 0 Å². The lowest BCUT2D eigenvalue weighted by Crippen LogP contribution is -2.58. The molecule has 59 heavy (non-hydrogen) atoms. The topological polar surface area (TPSA) is 393 Å². The predicted octanol–water partition coefficient (Wildman–Crippen LogP) is -3.08. The highest BCUT2D eigenvalue weighted by molar-refractivity contribution is 5.96. The molecule has 19 N–H and O–H groups in total. The average molecular weight is 841 g/mol. The third kappa shape index (κ3) is 23.1. The van der Waals surface area contributed by atoms with Crippen molar-refractivity contribution in [2.75, 3.05) is 26.2 Å². The molecule has 0 aliphatic heterocycles. The monoisotopic (exact) mass is 841 g/mol. The van der Waals surface area contributed by atoms with Crippen molar-refractivity contribution in [3.63, 3.8) is 0 Å². The van der Waals surface area contributed by atoms with E-state index >= 15 is 0 Å². The van der Waals surface area contributed by atoms with Gasteiger partial charge in [-0.15, -0.1) is 0 Å². The molecule has 0 aliphatic carbocycles. The Balaban J connectivity index is 6.18. The van der Waals surface area contributed by atoms with Crippen molar-refractivity contribution in [3.8, 4) is 0 Å². The van der Waals surface area contributed by atoms with Gasteiger partial charge in [0.15, 0.2) is 11.9 Å². The summed E-state index contributed by atoms with van der Waals surface area (Å²) < 4.78 is 0. The molecule has 0 bridgehead atoms. The van der Waals surface area contributed by atoms with Crippen LogP contribution in [0.3, 0.4) is 0 Å². The fourth-order valence-electron chi connectivity index (χ4n) is 5.59. The lowest BCUT2D eigenvalue weighted by Gasteiger charge is -2.27. The van der Waals surface area contributed by atoms with Crippen LogP contribution in [0.1, 0.15) is 99.3 Å². The summed E-state index contributed by atoms with van der Waals surface area (Å²) in [5.74, 6) is -6.26. The molecule has 0 heterocycles. The lowest BCUT2D eigenvalue weighted by atomic mass is 9.96. The summed E-state index contributed by atoms with van der Waals surface area (Å²) in [5, 5.41) is 25.4. The highest BCUT2D eigenvalue weighted by Crippen LogP contribution is 2.11. The minimum atomic E-state index is -1.31. The number of nitrogens with two attached hydrogens (primary N) is 6. The van der Waals surface area contributed by atoms with Crippen molar-refractivity contribution < 1.29 is 38.7 Å². The number of carbonyl (C=O) groups excluding carboxylic acids is 6. The van der Waals surface area contributed by atoms with E-state index in [2.05, 4.69) is 41.9 Å². The van der Waals surface area contributed by atoms with Crippen molar-refractivity contribution in [3.05, 3.63) is 0 Å². The maximum Gasteiger partial charge on any atom is 0.326 e. The standard InChI is InChI=1S/C37H72N14O8/c1-7-22(6)29(51-33(56)28(39)21(4)5)34(57)46-19-27(52)47-26(18-20(2)3)32(55)49-24(13-10-16-44-36(40)41)30(53)48-23(12-8-9-15-38)31(54)50-25(35(58)59)14-11-17-45-37(42)43/h20-26,28-29H,7-19,38-39H2,1-6H3,(H,46,57)(H,47,52)(H,48,53)(H,49,55)(H,50,54)(H,51,56)(H,58,59)(H4,40,41,44)(H4,42,43,45)/t22-,23-,24-,25-,26-,28-,29-/m0/s1. The van der Waals surface area contributed by atoms with Crippen molar-refractivity contribution >= 4 is 53.3 Å². The third-order valence-corrected chi connectivity index (χ3v) is 9.31. The first-order valence-corrected chi connectivity index (χ1v) is 20.2. The minimum Gasteiger partial charge on any atom is -0.480 e. The molecule has 0 rings (SSSR count). The van der Waals surface area contributed by atoms with Crippen LogP contribution in [0.5, 0.6) is 0 Å².